The highest BCUT2D eigenvalue weighted by atomic mass is 16.5. The SMILES string of the molecule is CCNCC1COCCN1c1nccn1CC. The first-order chi connectivity index (χ1) is 8.36. The van der Waals surface area contributed by atoms with Crippen LogP contribution in [0.5, 0.6) is 0 Å². The lowest BCUT2D eigenvalue weighted by Crippen LogP contribution is -2.51. The van der Waals surface area contributed by atoms with Gasteiger partial charge in [0.15, 0.2) is 0 Å². The van der Waals surface area contributed by atoms with E-state index in [9.17, 15) is 0 Å². The molecule has 1 aromatic heterocycles. The topological polar surface area (TPSA) is 42.3 Å². The quantitative estimate of drug-likeness (QED) is 0.820. The molecule has 1 unspecified atom stereocenters. The van der Waals surface area contributed by atoms with Crippen molar-refractivity contribution in [1.29, 1.82) is 0 Å². The van der Waals surface area contributed by atoms with Crippen molar-refractivity contribution in [3.63, 3.8) is 0 Å². The minimum absolute atomic E-state index is 0.386. The van der Waals surface area contributed by atoms with E-state index in [1.807, 2.05) is 12.4 Å². The summed E-state index contributed by atoms with van der Waals surface area (Å²) >= 11 is 0. The lowest BCUT2D eigenvalue weighted by molar-refractivity contribution is 0.0927. The zero-order chi connectivity index (χ0) is 12.1. The minimum atomic E-state index is 0.386. The van der Waals surface area contributed by atoms with Gasteiger partial charge in [-0.1, -0.05) is 6.92 Å². The number of aromatic nitrogens is 2. The molecule has 0 spiro atoms. The summed E-state index contributed by atoms with van der Waals surface area (Å²) in [6.07, 6.45) is 3.91. The number of anilines is 1. The zero-order valence-electron chi connectivity index (χ0n) is 10.7. The van der Waals surface area contributed by atoms with E-state index in [2.05, 4.69) is 33.6 Å². The fourth-order valence-corrected chi connectivity index (χ4v) is 2.21. The van der Waals surface area contributed by atoms with Gasteiger partial charge in [-0.15, -0.1) is 0 Å². The van der Waals surface area contributed by atoms with Gasteiger partial charge in [-0.25, -0.2) is 4.98 Å². The van der Waals surface area contributed by atoms with Crippen LogP contribution < -0.4 is 10.2 Å². The highest BCUT2D eigenvalue weighted by molar-refractivity contribution is 5.34. The summed E-state index contributed by atoms with van der Waals surface area (Å²) in [5, 5.41) is 3.39. The van der Waals surface area contributed by atoms with Crippen LogP contribution in [0.2, 0.25) is 0 Å². The first-order valence-corrected chi connectivity index (χ1v) is 6.43. The molecule has 0 aromatic carbocycles. The number of hydrogen-bond acceptors (Lipinski definition) is 4. The van der Waals surface area contributed by atoms with E-state index in [0.29, 0.717) is 6.04 Å². The Balaban J connectivity index is 2.10. The van der Waals surface area contributed by atoms with Gasteiger partial charge in [-0.3, -0.25) is 0 Å². The Morgan fingerprint density at radius 2 is 2.41 bits per heavy atom. The maximum absolute atomic E-state index is 5.56. The summed E-state index contributed by atoms with van der Waals surface area (Å²) in [5.41, 5.74) is 0. The van der Waals surface area contributed by atoms with Crippen LogP contribution >= 0.6 is 0 Å². The van der Waals surface area contributed by atoms with Crippen molar-refractivity contribution in [2.24, 2.45) is 0 Å². The molecular formula is C12H22N4O. The normalized spacial score (nSPS) is 20.8. The number of morpholine rings is 1. The molecule has 1 atom stereocenters. The number of imidazole rings is 1. The van der Waals surface area contributed by atoms with Crippen LogP contribution in [0.15, 0.2) is 12.4 Å². The van der Waals surface area contributed by atoms with Gasteiger partial charge in [-0.2, -0.15) is 0 Å². The lowest BCUT2D eigenvalue weighted by Gasteiger charge is -2.36. The summed E-state index contributed by atoms with van der Waals surface area (Å²) in [6.45, 7) is 9.67. The molecule has 0 radical (unpaired) electrons. The van der Waals surface area contributed by atoms with Crippen molar-refractivity contribution in [3.8, 4) is 0 Å². The van der Waals surface area contributed by atoms with Crippen molar-refractivity contribution in [2.45, 2.75) is 26.4 Å². The van der Waals surface area contributed by atoms with Gasteiger partial charge >= 0.3 is 0 Å². The fourth-order valence-electron chi connectivity index (χ4n) is 2.21. The van der Waals surface area contributed by atoms with Crippen molar-refractivity contribution in [2.75, 3.05) is 37.7 Å². The average Bonchev–Trinajstić information content (AvgIpc) is 2.84. The van der Waals surface area contributed by atoms with E-state index in [1.54, 1.807) is 0 Å². The summed E-state index contributed by atoms with van der Waals surface area (Å²) < 4.78 is 7.75. The van der Waals surface area contributed by atoms with E-state index in [-0.39, 0.29) is 0 Å². The molecule has 1 fully saturated rings. The second kappa shape index (κ2) is 6.02. The van der Waals surface area contributed by atoms with Gasteiger partial charge in [0.1, 0.15) is 0 Å². The molecule has 96 valence electrons. The predicted molar refractivity (Wildman–Crippen MR) is 68.4 cm³/mol. The summed E-state index contributed by atoms with van der Waals surface area (Å²) in [5.74, 6) is 1.07. The van der Waals surface area contributed by atoms with Crippen LogP contribution in [-0.2, 0) is 11.3 Å². The Morgan fingerprint density at radius 3 is 3.18 bits per heavy atom. The van der Waals surface area contributed by atoms with E-state index < -0.39 is 0 Å². The molecule has 2 rings (SSSR count). The number of nitrogens with zero attached hydrogens (tertiary/aromatic N) is 3. The van der Waals surface area contributed by atoms with Gasteiger partial charge < -0.3 is 19.5 Å². The Bertz CT molecular complexity index is 339. The number of nitrogens with one attached hydrogen (secondary N) is 1. The highest BCUT2D eigenvalue weighted by Crippen LogP contribution is 2.17. The smallest absolute Gasteiger partial charge is 0.205 e. The van der Waals surface area contributed by atoms with Gasteiger partial charge in [0.05, 0.1) is 19.3 Å². The molecule has 0 amide bonds. The van der Waals surface area contributed by atoms with Gasteiger partial charge in [0.2, 0.25) is 5.95 Å². The molecule has 1 saturated heterocycles. The molecule has 0 saturated carbocycles. The van der Waals surface area contributed by atoms with Crippen LogP contribution in [0.3, 0.4) is 0 Å². The van der Waals surface area contributed by atoms with Crippen LogP contribution in [0.1, 0.15) is 13.8 Å². The first kappa shape index (κ1) is 12.4. The Hall–Kier alpha value is -1.07. The number of rotatable bonds is 5. The van der Waals surface area contributed by atoms with Crippen LogP contribution in [-0.4, -0.2) is 48.4 Å². The molecule has 0 aliphatic carbocycles. The number of aryl methyl sites for hydroxylation is 1. The maximum atomic E-state index is 5.56. The number of likely N-dealkylation sites (N-methyl/N-ethyl adjacent to an activating group) is 1. The monoisotopic (exact) mass is 238 g/mol. The van der Waals surface area contributed by atoms with Gasteiger partial charge in [-0.05, 0) is 13.5 Å². The molecular weight excluding hydrogens is 216 g/mol. The third-order valence-corrected chi connectivity index (χ3v) is 3.15. The second-order valence-electron chi connectivity index (χ2n) is 4.24. The van der Waals surface area contributed by atoms with Crippen molar-refractivity contribution in [1.82, 2.24) is 14.9 Å². The largest absolute Gasteiger partial charge is 0.377 e. The van der Waals surface area contributed by atoms with E-state index in [4.69, 9.17) is 4.74 Å². The van der Waals surface area contributed by atoms with E-state index >= 15 is 0 Å². The average molecular weight is 238 g/mol. The summed E-state index contributed by atoms with van der Waals surface area (Å²) in [4.78, 5) is 6.83. The minimum Gasteiger partial charge on any atom is -0.377 e. The molecule has 1 aliphatic rings. The Morgan fingerprint density at radius 1 is 1.53 bits per heavy atom. The molecule has 1 aromatic rings. The fraction of sp³-hybridized carbons (Fsp3) is 0.750. The Labute approximate surface area is 103 Å². The number of ether oxygens (including phenoxy) is 1. The lowest BCUT2D eigenvalue weighted by atomic mass is 10.2. The van der Waals surface area contributed by atoms with Crippen LogP contribution in [0, 0.1) is 0 Å². The zero-order valence-corrected chi connectivity index (χ0v) is 10.7. The first-order valence-electron chi connectivity index (χ1n) is 6.43. The third-order valence-electron chi connectivity index (χ3n) is 3.15. The molecule has 1 aliphatic heterocycles. The molecule has 1 N–H and O–H groups in total. The van der Waals surface area contributed by atoms with Crippen molar-refractivity contribution >= 4 is 5.95 Å². The third kappa shape index (κ3) is 2.79. The van der Waals surface area contributed by atoms with E-state index in [0.717, 1.165) is 45.3 Å². The van der Waals surface area contributed by atoms with Crippen molar-refractivity contribution < 1.29 is 4.74 Å². The van der Waals surface area contributed by atoms with Crippen molar-refractivity contribution in [3.05, 3.63) is 12.4 Å². The second-order valence-corrected chi connectivity index (χ2v) is 4.24. The highest BCUT2D eigenvalue weighted by Gasteiger charge is 2.25. The van der Waals surface area contributed by atoms with Gasteiger partial charge in [0.25, 0.3) is 0 Å². The van der Waals surface area contributed by atoms with Crippen LogP contribution in [0.25, 0.3) is 0 Å². The summed E-state index contributed by atoms with van der Waals surface area (Å²) in [7, 11) is 0. The molecule has 17 heavy (non-hydrogen) atoms. The Kier molecular flexibility index (Phi) is 4.39. The maximum Gasteiger partial charge on any atom is 0.205 e. The molecule has 5 nitrogen and oxygen atoms in total. The molecule has 2 heterocycles. The summed E-state index contributed by atoms with van der Waals surface area (Å²) in [6, 6.07) is 0.386. The van der Waals surface area contributed by atoms with Crippen LogP contribution in [0.4, 0.5) is 5.95 Å². The van der Waals surface area contributed by atoms with E-state index in [1.165, 1.54) is 0 Å². The molecule has 0 bridgehead atoms. The van der Waals surface area contributed by atoms with Gasteiger partial charge in [0, 0.05) is 32.0 Å². The predicted octanol–water partition coefficient (Wildman–Crippen LogP) is 0.718. The standard InChI is InChI=1S/C12H22N4O/c1-3-13-9-11-10-17-8-7-16(11)12-14-5-6-15(12)4-2/h5-6,11,13H,3-4,7-10H2,1-2H3. The molecule has 5 heteroatoms. The number of hydrogen-bond donors (Lipinski definition) is 1.